The zero-order chi connectivity index (χ0) is 12.0. The highest BCUT2D eigenvalue weighted by molar-refractivity contribution is 5.83. The molecule has 0 radical (unpaired) electrons. The van der Waals surface area contributed by atoms with Gasteiger partial charge in [-0.3, -0.25) is 4.79 Å². The molecule has 1 rings (SSSR count). The van der Waals surface area contributed by atoms with Gasteiger partial charge in [-0.2, -0.15) is 0 Å². The Morgan fingerprint density at radius 3 is 2.62 bits per heavy atom. The molecule has 0 aliphatic carbocycles. The summed E-state index contributed by atoms with van der Waals surface area (Å²) in [6, 6.07) is 8.31. The third-order valence-corrected chi connectivity index (χ3v) is 2.64. The monoisotopic (exact) mass is 219 g/mol. The van der Waals surface area contributed by atoms with Gasteiger partial charge in [-0.15, -0.1) is 0 Å². The lowest BCUT2D eigenvalue weighted by Crippen LogP contribution is -2.29. The van der Waals surface area contributed by atoms with Crippen molar-refractivity contribution in [3.63, 3.8) is 0 Å². The predicted molar refractivity (Wildman–Crippen MR) is 69.0 cm³/mol. The summed E-state index contributed by atoms with van der Waals surface area (Å²) in [4.78, 5) is 13.8. The number of carbonyl (C=O) groups excluding carboxylic acids is 1. The van der Waals surface area contributed by atoms with Gasteiger partial charge in [0.2, 0.25) is 0 Å². The molecule has 0 saturated carbocycles. The minimum atomic E-state index is 0.325. The fourth-order valence-electron chi connectivity index (χ4n) is 1.78. The molecule has 0 bridgehead atoms. The van der Waals surface area contributed by atoms with Gasteiger partial charge in [0.25, 0.3) is 0 Å². The van der Waals surface area contributed by atoms with Gasteiger partial charge in [-0.1, -0.05) is 19.1 Å². The van der Waals surface area contributed by atoms with E-state index in [0.717, 1.165) is 18.7 Å². The Balaban J connectivity index is 2.70. The zero-order valence-corrected chi connectivity index (χ0v) is 10.5. The summed E-state index contributed by atoms with van der Waals surface area (Å²) >= 11 is 0. The normalized spacial score (nSPS) is 10.2. The van der Waals surface area contributed by atoms with Crippen LogP contribution >= 0.6 is 0 Å². The molecule has 88 valence electrons. The number of anilines is 1. The summed E-state index contributed by atoms with van der Waals surface area (Å²) in [5.74, 6) is 0.325. The number of rotatable bonds is 6. The maximum atomic E-state index is 11.6. The van der Waals surface area contributed by atoms with Crippen LogP contribution in [-0.2, 0) is 4.79 Å². The first-order chi connectivity index (χ1) is 7.67. The molecule has 1 aromatic carbocycles. The van der Waals surface area contributed by atoms with Crippen molar-refractivity contribution in [1.29, 1.82) is 0 Å². The van der Waals surface area contributed by atoms with Gasteiger partial charge in [0.1, 0.15) is 0 Å². The molecular weight excluding hydrogens is 198 g/mol. The lowest BCUT2D eigenvalue weighted by molar-refractivity contribution is -0.117. The first-order valence-corrected chi connectivity index (χ1v) is 6.00. The minimum Gasteiger partial charge on any atom is -0.364 e. The topological polar surface area (TPSA) is 20.3 Å². The molecule has 0 aliphatic rings. The number of ketones is 1. The highest BCUT2D eigenvalue weighted by Gasteiger charge is 2.08. The molecule has 16 heavy (non-hydrogen) atoms. The second-order valence-corrected chi connectivity index (χ2v) is 4.14. The number of nitrogens with zero attached hydrogens (tertiary/aromatic N) is 1. The zero-order valence-electron chi connectivity index (χ0n) is 10.5. The van der Waals surface area contributed by atoms with Crippen LogP contribution in [0.25, 0.3) is 0 Å². The quantitative estimate of drug-likeness (QED) is 0.732. The van der Waals surface area contributed by atoms with Crippen LogP contribution in [0, 0.1) is 6.92 Å². The molecule has 0 spiro atoms. The molecule has 2 heteroatoms. The second-order valence-electron chi connectivity index (χ2n) is 4.14. The average Bonchev–Trinajstić information content (AvgIpc) is 2.26. The maximum Gasteiger partial charge on any atom is 0.152 e. The third kappa shape index (κ3) is 3.69. The molecule has 0 amide bonds. The van der Waals surface area contributed by atoms with Crippen molar-refractivity contribution in [2.24, 2.45) is 0 Å². The first kappa shape index (κ1) is 12.8. The average molecular weight is 219 g/mol. The first-order valence-electron chi connectivity index (χ1n) is 6.00. The van der Waals surface area contributed by atoms with Gasteiger partial charge in [-0.25, -0.2) is 0 Å². The van der Waals surface area contributed by atoms with Crippen LogP contribution in [0.5, 0.6) is 0 Å². The minimum absolute atomic E-state index is 0.325. The second kappa shape index (κ2) is 6.31. The molecule has 0 aliphatic heterocycles. The Hall–Kier alpha value is -1.31. The molecular formula is C14H21NO. The van der Waals surface area contributed by atoms with E-state index in [-0.39, 0.29) is 0 Å². The van der Waals surface area contributed by atoms with Gasteiger partial charge in [0, 0.05) is 18.7 Å². The van der Waals surface area contributed by atoms with Crippen molar-refractivity contribution < 1.29 is 4.79 Å². The van der Waals surface area contributed by atoms with Crippen LogP contribution in [0.15, 0.2) is 24.3 Å². The summed E-state index contributed by atoms with van der Waals surface area (Å²) in [6.45, 7) is 7.61. The molecule has 0 unspecified atom stereocenters. The van der Waals surface area contributed by atoms with Crippen molar-refractivity contribution >= 4 is 11.5 Å². The van der Waals surface area contributed by atoms with E-state index in [0.29, 0.717) is 18.7 Å². The highest BCUT2D eigenvalue weighted by atomic mass is 16.1. The van der Waals surface area contributed by atoms with Crippen LogP contribution in [0.3, 0.4) is 0 Å². The fraction of sp³-hybridized carbons (Fsp3) is 0.500. The van der Waals surface area contributed by atoms with E-state index < -0.39 is 0 Å². The summed E-state index contributed by atoms with van der Waals surface area (Å²) < 4.78 is 0. The summed E-state index contributed by atoms with van der Waals surface area (Å²) in [5.41, 5.74) is 2.38. The van der Waals surface area contributed by atoms with E-state index >= 15 is 0 Å². The Bertz CT molecular complexity index is 346. The number of Topliss-reactive ketones (excluding diaryl/α,β-unsaturated/α-hetero) is 1. The van der Waals surface area contributed by atoms with Gasteiger partial charge in [0.05, 0.1) is 6.54 Å². The number of hydrogen-bond donors (Lipinski definition) is 0. The third-order valence-electron chi connectivity index (χ3n) is 2.64. The standard InChI is InChI=1S/C14H21NO/c1-4-7-14(16)11-15(5-2)13-9-6-8-12(3)10-13/h6,8-10H,4-5,7,11H2,1-3H3. The van der Waals surface area contributed by atoms with E-state index in [1.807, 2.05) is 13.0 Å². The van der Waals surface area contributed by atoms with Crippen LogP contribution in [0.4, 0.5) is 5.69 Å². The van der Waals surface area contributed by atoms with Crippen LogP contribution in [-0.4, -0.2) is 18.9 Å². The van der Waals surface area contributed by atoms with Crippen molar-refractivity contribution in [3.05, 3.63) is 29.8 Å². The Labute approximate surface area is 98.3 Å². The number of hydrogen-bond acceptors (Lipinski definition) is 2. The molecule has 2 nitrogen and oxygen atoms in total. The lowest BCUT2D eigenvalue weighted by atomic mass is 10.2. The number of benzene rings is 1. The smallest absolute Gasteiger partial charge is 0.152 e. The fourth-order valence-corrected chi connectivity index (χ4v) is 1.78. The van der Waals surface area contributed by atoms with Crippen molar-refractivity contribution in [2.45, 2.75) is 33.6 Å². The Kier molecular flexibility index (Phi) is 5.03. The maximum absolute atomic E-state index is 11.6. The van der Waals surface area contributed by atoms with Crippen molar-refractivity contribution in [2.75, 3.05) is 18.0 Å². The van der Waals surface area contributed by atoms with Crippen LogP contribution in [0.1, 0.15) is 32.3 Å². The van der Waals surface area contributed by atoms with Gasteiger partial charge < -0.3 is 4.90 Å². The molecule has 0 heterocycles. The van der Waals surface area contributed by atoms with Gasteiger partial charge in [-0.05, 0) is 38.0 Å². The molecule has 0 N–H and O–H groups in total. The van der Waals surface area contributed by atoms with Gasteiger partial charge >= 0.3 is 0 Å². The number of likely N-dealkylation sites (N-methyl/N-ethyl adjacent to an activating group) is 1. The number of aryl methyl sites for hydroxylation is 1. The van der Waals surface area contributed by atoms with Gasteiger partial charge in [0.15, 0.2) is 5.78 Å². The summed E-state index contributed by atoms with van der Waals surface area (Å²) in [5, 5.41) is 0. The largest absolute Gasteiger partial charge is 0.364 e. The lowest BCUT2D eigenvalue weighted by Gasteiger charge is -2.22. The molecule has 0 atom stereocenters. The van der Waals surface area contributed by atoms with E-state index in [9.17, 15) is 4.79 Å². The summed E-state index contributed by atoms with van der Waals surface area (Å²) in [6.07, 6.45) is 1.62. The molecule has 1 aromatic rings. The molecule has 0 fully saturated rings. The molecule has 0 saturated heterocycles. The highest BCUT2D eigenvalue weighted by Crippen LogP contribution is 2.15. The van der Waals surface area contributed by atoms with E-state index in [2.05, 4.69) is 36.9 Å². The predicted octanol–water partition coefficient (Wildman–Crippen LogP) is 3.19. The summed E-state index contributed by atoms with van der Waals surface area (Å²) in [7, 11) is 0. The van der Waals surface area contributed by atoms with Crippen LogP contribution in [0.2, 0.25) is 0 Å². The number of carbonyl (C=O) groups is 1. The molecule has 0 aromatic heterocycles. The van der Waals surface area contributed by atoms with Crippen LogP contribution < -0.4 is 4.90 Å². The Morgan fingerprint density at radius 2 is 2.06 bits per heavy atom. The van der Waals surface area contributed by atoms with E-state index in [1.165, 1.54) is 5.56 Å². The SMILES string of the molecule is CCCC(=O)CN(CC)c1cccc(C)c1. The van der Waals surface area contributed by atoms with E-state index in [4.69, 9.17) is 0 Å². The van der Waals surface area contributed by atoms with E-state index in [1.54, 1.807) is 0 Å². The van der Waals surface area contributed by atoms with Crippen molar-refractivity contribution in [3.8, 4) is 0 Å². The Morgan fingerprint density at radius 1 is 1.31 bits per heavy atom. The van der Waals surface area contributed by atoms with Crippen molar-refractivity contribution in [1.82, 2.24) is 0 Å².